The molecule has 2 amide bonds. The lowest BCUT2D eigenvalue weighted by Crippen LogP contribution is -2.67. The van der Waals surface area contributed by atoms with Crippen molar-refractivity contribution in [3.63, 3.8) is 0 Å². The summed E-state index contributed by atoms with van der Waals surface area (Å²) in [6.45, 7) is 24.5. The van der Waals surface area contributed by atoms with Gasteiger partial charge in [0.25, 0.3) is 0 Å². The molecule has 2 aliphatic heterocycles. The maximum atomic E-state index is 15.3. The van der Waals surface area contributed by atoms with Crippen LogP contribution in [0.4, 0.5) is 28.8 Å². The third kappa shape index (κ3) is 18.9. The SMILES string of the molecule is CN.CN.COCCOCN(C(=O)OC(C)(C)C)C1=N[C@](C)(c2cc(Br)ccc2F)CS(C)(C)(C)(C)C1(C)C.COCCOCN(C(=O)OC(C)(C)C)C1=N[C@](C)(c2cc(N)ccc2F)CS(C)(C)(C)(C)C1(C)C.F.O.O.[B]. The fourth-order valence-electron chi connectivity index (χ4n) is 9.09. The molecule has 0 fully saturated rings. The number of nitrogen functional groups attached to an aromatic ring is 1. The highest BCUT2D eigenvalue weighted by atomic mass is 79.9. The number of aliphatic imine (C=N–C) groups is 2. The molecule has 4 rings (SSSR count). The number of anilines is 1. The van der Waals surface area contributed by atoms with Crippen molar-refractivity contribution in [1.29, 1.82) is 0 Å². The lowest BCUT2D eigenvalue weighted by molar-refractivity contribution is -0.00391. The van der Waals surface area contributed by atoms with Gasteiger partial charge in [0.1, 0.15) is 48.0 Å². The van der Waals surface area contributed by atoms with Crippen LogP contribution in [0.25, 0.3) is 0 Å². The Bertz CT molecular complexity index is 2220. The standard InChI is InChI=1S/C26H44BrFN2O4S.C26H46FN3O4S.2CH5N.B.FH.2H2O/c1-24(2,3)34-23(31)30(18-33-15-14-32-7)22-25(4,5)35(8,9,10,11)17-26(6,29-22)20-16-19(27)12-13-21(20)28;1-24(2,3)34-23(31)30(18-33-15-14-32-7)22-25(4,5)35(8,9,10,11)17-26(6,29-22)20-16-19(28)12-13-21(20)27;2*1-2;;;;/h12-13,16H,14-15,17-18H2,1-11H3;12-13,16H,14-15,17-18,28H2,1-11H3;2*2H2,1H3;;1H;2*1H2/t2*26-;;;;;;/m00....../s1. The number of rotatable bonds is 12. The van der Waals surface area contributed by atoms with Crippen molar-refractivity contribution in [1.82, 2.24) is 9.80 Å². The maximum absolute atomic E-state index is 15.3. The molecule has 0 unspecified atom stereocenters. The van der Waals surface area contributed by atoms with Gasteiger partial charge in [0.2, 0.25) is 0 Å². The zero-order valence-electron chi connectivity index (χ0n) is 51.8. The second kappa shape index (κ2) is 26.8. The van der Waals surface area contributed by atoms with Crippen LogP contribution in [0.1, 0.15) is 94.2 Å². The predicted molar refractivity (Wildman–Crippen MR) is 332 cm³/mol. The van der Waals surface area contributed by atoms with Gasteiger partial charge in [-0.3, -0.25) is 31.3 Å². The van der Waals surface area contributed by atoms with Gasteiger partial charge in [-0.15, -0.1) is 0 Å². The number of methoxy groups -OCH3 is 2. The Kier molecular flexibility index (Phi) is 28.0. The van der Waals surface area contributed by atoms with E-state index in [0.717, 1.165) is 4.47 Å². The number of carbonyl (C=O) groups excluding carboxylic acids is 2. The van der Waals surface area contributed by atoms with E-state index in [1.54, 1.807) is 38.5 Å². The van der Waals surface area contributed by atoms with Gasteiger partial charge >= 0.3 is 12.2 Å². The molecule has 0 saturated heterocycles. The van der Waals surface area contributed by atoms with Crippen LogP contribution in [0.3, 0.4) is 0 Å². The summed E-state index contributed by atoms with van der Waals surface area (Å²) >= 11 is 3.49. The molecule has 2 heterocycles. The highest BCUT2D eigenvalue weighted by molar-refractivity contribution is 9.10. The first-order valence-corrected chi connectivity index (χ1v) is 33.9. The molecule has 0 spiro atoms. The number of ether oxygens (including phenoxy) is 6. The molecule has 2 aromatic rings. The van der Waals surface area contributed by atoms with Crippen LogP contribution < -0.4 is 17.2 Å². The Morgan fingerprint density at radius 3 is 1.23 bits per heavy atom. The Morgan fingerprint density at radius 1 is 0.615 bits per heavy atom. The molecule has 0 saturated carbocycles. The molecule has 2 aliphatic rings. The van der Waals surface area contributed by atoms with E-state index in [9.17, 15) is 9.59 Å². The normalized spacial score (nSPS) is 23.8. The van der Waals surface area contributed by atoms with Crippen LogP contribution in [-0.4, -0.2) is 203 Å². The number of nitrogens with zero attached hydrogens (tertiary/aromatic N) is 4. The quantitative estimate of drug-likeness (QED) is 0.0784. The minimum absolute atomic E-state index is 0. The van der Waals surface area contributed by atoms with Crippen LogP contribution in [0.2, 0.25) is 0 Å². The first-order chi connectivity index (χ1) is 33.1. The van der Waals surface area contributed by atoms with Gasteiger partial charge < -0.3 is 56.6 Å². The molecule has 459 valence electrons. The van der Waals surface area contributed by atoms with Gasteiger partial charge in [0.15, 0.2) is 0 Å². The van der Waals surface area contributed by atoms with Crippen LogP contribution in [0, 0.1) is 11.6 Å². The average Bonchev–Trinajstić information content (AvgIpc) is 3.22. The third-order valence-electron chi connectivity index (χ3n) is 14.6. The highest BCUT2D eigenvalue weighted by Gasteiger charge is 2.67. The lowest BCUT2D eigenvalue weighted by atomic mass is 9.92. The Balaban J connectivity index is -0.000000629. The monoisotopic (exact) mass is 1220 g/mol. The summed E-state index contributed by atoms with van der Waals surface area (Å²) in [6, 6.07) is 9.49. The second-order valence-corrected chi connectivity index (χ2v) is 48.9. The number of halogens is 4. The van der Waals surface area contributed by atoms with Gasteiger partial charge in [-0.2, -0.15) is 0 Å². The van der Waals surface area contributed by atoms with Crippen molar-refractivity contribution in [3.8, 4) is 0 Å². The van der Waals surface area contributed by atoms with Crippen molar-refractivity contribution in [3.05, 3.63) is 63.6 Å². The summed E-state index contributed by atoms with van der Waals surface area (Å²) in [5.74, 6) is 1.59. The van der Waals surface area contributed by atoms with Crippen molar-refractivity contribution in [2.45, 2.75) is 115 Å². The van der Waals surface area contributed by atoms with Gasteiger partial charge in [-0.05, 0) is 195 Å². The van der Waals surface area contributed by atoms with E-state index in [0.29, 0.717) is 66.4 Å². The summed E-state index contributed by atoms with van der Waals surface area (Å²) in [5, 5.41) is 0. The Labute approximate surface area is 475 Å². The van der Waals surface area contributed by atoms with Crippen LogP contribution in [-0.2, 0) is 39.5 Å². The van der Waals surface area contributed by atoms with E-state index in [1.165, 1.54) is 36.0 Å². The van der Waals surface area contributed by atoms with E-state index >= 15 is 8.78 Å². The third-order valence-corrected chi connectivity index (χ3v) is 28.8. The number of benzene rings is 2. The number of hydrogen-bond acceptors (Lipinski definition) is 13. The van der Waals surface area contributed by atoms with Crippen molar-refractivity contribution >= 4 is 70.5 Å². The summed E-state index contributed by atoms with van der Waals surface area (Å²) < 4.78 is 63.6. The van der Waals surface area contributed by atoms with Crippen molar-refractivity contribution in [2.75, 3.05) is 135 Å². The summed E-state index contributed by atoms with van der Waals surface area (Å²) in [4.78, 5) is 40.3. The van der Waals surface area contributed by atoms with E-state index in [4.69, 9.17) is 44.1 Å². The molecule has 24 heteroatoms. The van der Waals surface area contributed by atoms with Gasteiger partial charge in [-0.1, -0.05) is 15.9 Å². The number of hydrogen-bond donors (Lipinski definition) is 3. The van der Waals surface area contributed by atoms with Gasteiger partial charge in [-0.25, -0.2) is 28.2 Å². The molecule has 17 nitrogen and oxygen atoms in total. The fraction of sp³-hybridized carbons (Fsp3) is 0.704. The molecule has 3 radical (unpaired) electrons. The fourth-order valence-corrected chi connectivity index (χ4v) is 17.7. The van der Waals surface area contributed by atoms with E-state index in [1.807, 2.05) is 55.4 Å². The predicted octanol–water partition coefficient (Wildman–Crippen LogP) is 8.59. The molecular weight excluding hydrogens is 1120 g/mol. The zero-order valence-corrected chi connectivity index (χ0v) is 55.1. The van der Waals surface area contributed by atoms with Crippen LogP contribution in [0.15, 0.2) is 50.9 Å². The summed E-state index contributed by atoms with van der Waals surface area (Å²) in [7, 11) is 0.0273. The molecule has 10 N–H and O–H groups in total. The molecule has 78 heavy (non-hydrogen) atoms. The van der Waals surface area contributed by atoms with Crippen LogP contribution >= 0.6 is 32.5 Å². The average molecular weight is 1220 g/mol. The smallest absolute Gasteiger partial charge is 0.417 e. The second-order valence-electron chi connectivity index (χ2n) is 27.1. The van der Waals surface area contributed by atoms with Crippen molar-refractivity contribution < 1.29 is 62.4 Å². The number of amides is 2. The highest BCUT2D eigenvalue weighted by Crippen LogP contribution is 2.90. The lowest BCUT2D eigenvalue weighted by Gasteiger charge is -2.81. The first-order valence-electron chi connectivity index (χ1n) is 24.6. The Hall–Kier alpha value is -3.17. The largest absolute Gasteiger partial charge is 0.443 e. The minimum atomic E-state index is -3.09. The molecule has 2 aromatic carbocycles. The molecule has 0 aliphatic carbocycles. The van der Waals surface area contributed by atoms with E-state index in [2.05, 4.69) is 105 Å². The van der Waals surface area contributed by atoms with Crippen molar-refractivity contribution in [2.24, 2.45) is 21.5 Å². The van der Waals surface area contributed by atoms with Crippen LogP contribution in [0.5, 0.6) is 0 Å². The van der Waals surface area contributed by atoms with E-state index in [-0.39, 0.29) is 49.2 Å². The topological polar surface area (TPSA) is 262 Å². The summed E-state index contributed by atoms with van der Waals surface area (Å²) in [6.07, 6.45) is 17.0. The molecular formula is C54H105BBrF3N7O10S2. The van der Waals surface area contributed by atoms with E-state index < -0.39 is 60.5 Å². The molecule has 2 atom stereocenters. The number of carbonyl (C=O) groups is 2. The Morgan fingerprint density at radius 2 is 0.923 bits per heavy atom. The maximum Gasteiger partial charge on any atom is 0.417 e. The first kappa shape index (κ1) is 81.3. The van der Waals surface area contributed by atoms with Gasteiger partial charge in [0.05, 0.1) is 37.5 Å². The number of nitrogens with two attached hydrogens (primary N) is 3. The number of amidine groups is 2. The zero-order chi connectivity index (χ0) is 58.3. The molecule has 0 bridgehead atoms. The molecule has 0 aromatic heterocycles. The van der Waals surface area contributed by atoms with Gasteiger partial charge in [0, 0.05) is 53.4 Å². The minimum Gasteiger partial charge on any atom is -0.443 e. The summed E-state index contributed by atoms with van der Waals surface area (Å²) in [5.41, 5.74) is 13.1.